The van der Waals surface area contributed by atoms with Crippen LogP contribution >= 0.6 is 0 Å². The Morgan fingerprint density at radius 3 is 3.16 bits per heavy atom. The van der Waals surface area contributed by atoms with Gasteiger partial charge in [0.2, 0.25) is 0 Å². The lowest BCUT2D eigenvalue weighted by Crippen LogP contribution is -2.30. The second-order valence-electron chi connectivity index (χ2n) is 5.18. The molecule has 1 aliphatic heterocycles. The van der Waals surface area contributed by atoms with E-state index >= 15 is 0 Å². The van der Waals surface area contributed by atoms with E-state index in [2.05, 4.69) is 16.4 Å². The van der Waals surface area contributed by atoms with Gasteiger partial charge in [-0.3, -0.25) is 4.98 Å². The quantitative estimate of drug-likeness (QED) is 0.913. The summed E-state index contributed by atoms with van der Waals surface area (Å²) in [6.45, 7) is 3.10. The van der Waals surface area contributed by atoms with Gasteiger partial charge in [-0.1, -0.05) is 6.07 Å². The Labute approximate surface area is 114 Å². The smallest absolute Gasteiger partial charge is 0.128 e. The maximum Gasteiger partial charge on any atom is 0.128 e. The number of fused-ring (bicyclic) bond motifs is 1. The standard InChI is InChI=1S/C16H20N2O/c1-6-15-14(5-3-10-18-15)16(7-1)19-11-8-13-4-2-9-17-12-13/h1,3,5-7,10,13,17H,2,4,8-9,11-12H2. The number of benzene rings is 1. The maximum atomic E-state index is 5.95. The highest BCUT2D eigenvalue weighted by Gasteiger charge is 2.12. The molecule has 2 aromatic rings. The summed E-state index contributed by atoms with van der Waals surface area (Å²) in [5, 5.41) is 4.55. The lowest BCUT2D eigenvalue weighted by atomic mass is 9.97. The first-order valence-electron chi connectivity index (χ1n) is 7.11. The van der Waals surface area contributed by atoms with E-state index in [1.54, 1.807) is 0 Å². The first-order valence-corrected chi connectivity index (χ1v) is 7.11. The van der Waals surface area contributed by atoms with Crippen LogP contribution in [0.3, 0.4) is 0 Å². The van der Waals surface area contributed by atoms with Crippen molar-refractivity contribution in [1.82, 2.24) is 10.3 Å². The molecule has 0 saturated carbocycles. The SMILES string of the molecule is c1cc(OCCC2CCCNC2)c2cccnc2c1. The Kier molecular flexibility index (Phi) is 3.94. The van der Waals surface area contributed by atoms with E-state index in [-0.39, 0.29) is 0 Å². The molecule has 0 bridgehead atoms. The molecule has 19 heavy (non-hydrogen) atoms. The van der Waals surface area contributed by atoms with Gasteiger partial charge in [-0.2, -0.15) is 0 Å². The van der Waals surface area contributed by atoms with Gasteiger partial charge in [-0.25, -0.2) is 0 Å². The minimum Gasteiger partial charge on any atom is -0.493 e. The van der Waals surface area contributed by atoms with E-state index in [0.29, 0.717) is 0 Å². The zero-order valence-electron chi connectivity index (χ0n) is 11.1. The van der Waals surface area contributed by atoms with Gasteiger partial charge in [-0.05, 0) is 62.5 Å². The highest BCUT2D eigenvalue weighted by Crippen LogP contribution is 2.24. The van der Waals surface area contributed by atoms with Crippen LogP contribution in [-0.2, 0) is 0 Å². The summed E-state index contributed by atoms with van der Waals surface area (Å²) in [6, 6.07) is 10.1. The van der Waals surface area contributed by atoms with Crippen LogP contribution < -0.4 is 10.1 Å². The maximum absolute atomic E-state index is 5.95. The van der Waals surface area contributed by atoms with Crippen molar-refractivity contribution in [2.45, 2.75) is 19.3 Å². The molecule has 2 heterocycles. The van der Waals surface area contributed by atoms with Gasteiger partial charge in [0, 0.05) is 11.6 Å². The molecule has 1 atom stereocenters. The highest BCUT2D eigenvalue weighted by molar-refractivity contribution is 5.84. The number of nitrogens with one attached hydrogen (secondary N) is 1. The van der Waals surface area contributed by atoms with E-state index in [9.17, 15) is 0 Å². The molecule has 0 spiro atoms. The summed E-state index contributed by atoms with van der Waals surface area (Å²) < 4.78 is 5.95. The number of hydrogen-bond donors (Lipinski definition) is 1. The molecule has 1 saturated heterocycles. The first-order chi connectivity index (χ1) is 9.43. The van der Waals surface area contributed by atoms with E-state index in [4.69, 9.17) is 4.74 Å². The molecule has 1 aromatic carbocycles. The molecular formula is C16H20N2O. The molecule has 0 radical (unpaired) electrons. The lowest BCUT2D eigenvalue weighted by molar-refractivity contribution is 0.256. The second kappa shape index (κ2) is 6.02. The Hall–Kier alpha value is -1.61. The topological polar surface area (TPSA) is 34.1 Å². The van der Waals surface area contributed by atoms with Crippen LogP contribution in [0.2, 0.25) is 0 Å². The van der Waals surface area contributed by atoms with E-state index in [0.717, 1.165) is 42.1 Å². The van der Waals surface area contributed by atoms with Crippen LogP contribution in [0.25, 0.3) is 10.9 Å². The summed E-state index contributed by atoms with van der Waals surface area (Å²) in [6.07, 6.45) is 5.57. The van der Waals surface area contributed by atoms with Crippen molar-refractivity contribution in [2.75, 3.05) is 19.7 Å². The Bertz CT molecular complexity index is 530. The zero-order chi connectivity index (χ0) is 12.9. The number of hydrogen-bond acceptors (Lipinski definition) is 3. The number of ether oxygens (including phenoxy) is 1. The fraction of sp³-hybridized carbons (Fsp3) is 0.438. The van der Waals surface area contributed by atoms with Crippen molar-refractivity contribution in [3.05, 3.63) is 36.5 Å². The van der Waals surface area contributed by atoms with Crippen LogP contribution in [0.5, 0.6) is 5.75 Å². The summed E-state index contributed by atoms with van der Waals surface area (Å²) in [5.74, 6) is 1.72. The molecule has 0 amide bonds. The average Bonchev–Trinajstić information content (AvgIpc) is 2.49. The molecule has 1 fully saturated rings. The van der Waals surface area contributed by atoms with Crippen LogP contribution in [0.1, 0.15) is 19.3 Å². The van der Waals surface area contributed by atoms with E-state index in [1.165, 1.54) is 19.4 Å². The number of piperidine rings is 1. The molecule has 100 valence electrons. The number of rotatable bonds is 4. The predicted molar refractivity (Wildman–Crippen MR) is 77.4 cm³/mol. The van der Waals surface area contributed by atoms with Crippen LogP contribution in [0, 0.1) is 5.92 Å². The van der Waals surface area contributed by atoms with Crippen molar-refractivity contribution >= 4 is 10.9 Å². The average molecular weight is 256 g/mol. The second-order valence-corrected chi connectivity index (χ2v) is 5.18. The predicted octanol–water partition coefficient (Wildman–Crippen LogP) is 3.00. The Morgan fingerprint density at radius 2 is 2.26 bits per heavy atom. The summed E-state index contributed by atoms with van der Waals surface area (Å²) in [7, 11) is 0. The van der Waals surface area contributed by atoms with Gasteiger partial charge in [0.15, 0.2) is 0 Å². The van der Waals surface area contributed by atoms with Crippen molar-refractivity contribution in [1.29, 1.82) is 0 Å². The Balaban J connectivity index is 1.62. The number of aromatic nitrogens is 1. The van der Waals surface area contributed by atoms with Gasteiger partial charge in [0.25, 0.3) is 0 Å². The van der Waals surface area contributed by atoms with Crippen LogP contribution in [0.4, 0.5) is 0 Å². The van der Waals surface area contributed by atoms with Crippen LogP contribution in [-0.4, -0.2) is 24.7 Å². The van der Waals surface area contributed by atoms with Gasteiger partial charge in [-0.15, -0.1) is 0 Å². The number of pyridine rings is 1. The third kappa shape index (κ3) is 3.04. The lowest BCUT2D eigenvalue weighted by Gasteiger charge is -2.22. The molecule has 1 N–H and O–H groups in total. The molecule has 0 aliphatic carbocycles. The first kappa shape index (κ1) is 12.4. The molecule has 1 aliphatic rings. The summed E-state index contributed by atoms with van der Waals surface area (Å²) in [4.78, 5) is 4.35. The molecule has 1 unspecified atom stereocenters. The highest BCUT2D eigenvalue weighted by atomic mass is 16.5. The van der Waals surface area contributed by atoms with Gasteiger partial charge in [0.05, 0.1) is 12.1 Å². The minimum atomic E-state index is 0.766. The molecule has 3 nitrogen and oxygen atoms in total. The molecule has 3 rings (SSSR count). The summed E-state index contributed by atoms with van der Waals surface area (Å²) >= 11 is 0. The monoisotopic (exact) mass is 256 g/mol. The molecular weight excluding hydrogens is 236 g/mol. The van der Waals surface area contributed by atoms with Crippen molar-refractivity contribution in [3.8, 4) is 5.75 Å². The number of nitrogens with zero attached hydrogens (tertiary/aromatic N) is 1. The van der Waals surface area contributed by atoms with Crippen molar-refractivity contribution in [3.63, 3.8) is 0 Å². The minimum absolute atomic E-state index is 0.766. The van der Waals surface area contributed by atoms with Crippen molar-refractivity contribution in [2.24, 2.45) is 5.92 Å². The van der Waals surface area contributed by atoms with E-state index in [1.807, 2.05) is 30.5 Å². The van der Waals surface area contributed by atoms with Crippen molar-refractivity contribution < 1.29 is 4.74 Å². The van der Waals surface area contributed by atoms with Gasteiger partial charge < -0.3 is 10.1 Å². The third-order valence-corrected chi connectivity index (χ3v) is 3.79. The third-order valence-electron chi connectivity index (χ3n) is 3.79. The van der Waals surface area contributed by atoms with E-state index < -0.39 is 0 Å². The van der Waals surface area contributed by atoms with Crippen LogP contribution in [0.15, 0.2) is 36.5 Å². The Morgan fingerprint density at radius 1 is 1.26 bits per heavy atom. The zero-order valence-corrected chi connectivity index (χ0v) is 11.1. The van der Waals surface area contributed by atoms with Gasteiger partial charge >= 0.3 is 0 Å². The molecule has 3 heteroatoms. The molecule has 1 aromatic heterocycles. The fourth-order valence-electron chi connectivity index (χ4n) is 2.71. The normalized spacial score (nSPS) is 19.5. The largest absolute Gasteiger partial charge is 0.493 e. The summed E-state index contributed by atoms with van der Waals surface area (Å²) in [5.41, 5.74) is 0.999. The fourth-order valence-corrected chi connectivity index (χ4v) is 2.71. The van der Waals surface area contributed by atoms with Gasteiger partial charge in [0.1, 0.15) is 5.75 Å².